The van der Waals surface area contributed by atoms with Crippen LogP contribution in [0.15, 0.2) is 24.5 Å². The molecule has 0 aliphatic carbocycles. The molecule has 0 aliphatic rings. The summed E-state index contributed by atoms with van der Waals surface area (Å²) in [6.45, 7) is 2.68. The first-order valence-electron chi connectivity index (χ1n) is 3.91. The Morgan fingerprint density at radius 1 is 1.58 bits per heavy atom. The van der Waals surface area contributed by atoms with Gasteiger partial charge in [-0.3, -0.25) is 10.3 Å². The van der Waals surface area contributed by atoms with E-state index in [1.54, 1.807) is 12.4 Å². The molecule has 0 fully saturated rings. The highest BCUT2D eigenvalue weighted by Crippen LogP contribution is 2.08. The summed E-state index contributed by atoms with van der Waals surface area (Å²) in [4.78, 5) is 3.94. The normalized spacial score (nSPS) is 12.0. The fraction of sp³-hybridized carbons (Fsp3) is 0.300. The third kappa shape index (κ3) is 2.37. The van der Waals surface area contributed by atoms with Gasteiger partial charge in [0.25, 0.3) is 0 Å². The van der Waals surface area contributed by atoms with Crippen LogP contribution in [0.1, 0.15) is 18.5 Å². The van der Waals surface area contributed by atoms with Gasteiger partial charge in [-0.05, 0) is 24.6 Å². The zero-order chi connectivity index (χ0) is 8.81. The molecule has 1 rings (SSSR count). The number of aromatic nitrogens is 1. The summed E-state index contributed by atoms with van der Waals surface area (Å²) in [5.41, 5.74) is 1.21. The van der Waals surface area contributed by atoms with Crippen molar-refractivity contribution in [3.63, 3.8) is 0 Å². The first-order valence-corrected chi connectivity index (χ1v) is 3.91. The molecule has 1 aromatic rings. The molecule has 1 N–H and O–H groups in total. The predicted octanol–water partition coefficient (Wildman–Crippen LogP) is 1.37. The van der Waals surface area contributed by atoms with Crippen molar-refractivity contribution < 1.29 is 0 Å². The Labute approximate surface area is 73.0 Å². The SMILES string of the molecule is C#CCNC(C)c1ccncc1. The Morgan fingerprint density at radius 3 is 2.83 bits per heavy atom. The minimum absolute atomic E-state index is 0.295. The molecule has 2 heteroatoms. The van der Waals surface area contributed by atoms with Crippen LogP contribution in [0, 0.1) is 12.3 Å². The van der Waals surface area contributed by atoms with Crippen LogP contribution in [0.5, 0.6) is 0 Å². The van der Waals surface area contributed by atoms with Crippen LogP contribution >= 0.6 is 0 Å². The molecule has 2 nitrogen and oxygen atoms in total. The molecule has 0 aliphatic heterocycles. The van der Waals surface area contributed by atoms with E-state index in [1.165, 1.54) is 5.56 Å². The van der Waals surface area contributed by atoms with Crippen molar-refractivity contribution in [2.45, 2.75) is 13.0 Å². The van der Waals surface area contributed by atoms with Gasteiger partial charge in [-0.1, -0.05) is 5.92 Å². The molecule has 1 unspecified atom stereocenters. The van der Waals surface area contributed by atoms with Crippen molar-refractivity contribution in [3.8, 4) is 12.3 Å². The number of hydrogen-bond donors (Lipinski definition) is 1. The van der Waals surface area contributed by atoms with E-state index in [-0.39, 0.29) is 0 Å². The average molecular weight is 160 g/mol. The minimum Gasteiger partial charge on any atom is -0.300 e. The van der Waals surface area contributed by atoms with Gasteiger partial charge in [0.2, 0.25) is 0 Å². The first kappa shape index (κ1) is 8.76. The van der Waals surface area contributed by atoms with Gasteiger partial charge in [0, 0.05) is 18.4 Å². The number of hydrogen-bond acceptors (Lipinski definition) is 2. The summed E-state index contributed by atoms with van der Waals surface area (Å²) >= 11 is 0. The molecule has 1 heterocycles. The lowest BCUT2D eigenvalue weighted by Crippen LogP contribution is -2.18. The Morgan fingerprint density at radius 2 is 2.25 bits per heavy atom. The van der Waals surface area contributed by atoms with E-state index in [4.69, 9.17) is 6.42 Å². The van der Waals surface area contributed by atoms with Crippen LogP contribution in [0.3, 0.4) is 0 Å². The number of nitrogens with one attached hydrogen (secondary N) is 1. The highest BCUT2D eigenvalue weighted by Gasteiger charge is 2.01. The van der Waals surface area contributed by atoms with Crippen LogP contribution in [0.25, 0.3) is 0 Å². The fourth-order valence-corrected chi connectivity index (χ4v) is 0.982. The number of rotatable bonds is 3. The average Bonchev–Trinajstić information content (AvgIpc) is 2.15. The van der Waals surface area contributed by atoms with Crippen molar-refractivity contribution >= 4 is 0 Å². The molecule has 12 heavy (non-hydrogen) atoms. The Hall–Kier alpha value is -1.33. The lowest BCUT2D eigenvalue weighted by atomic mass is 10.1. The standard InChI is InChI=1S/C10H12N2/c1-3-6-12-9(2)10-4-7-11-8-5-10/h1,4-5,7-9,12H,6H2,2H3. The summed E-state index contributed by atoms with van der Waals surface area (Å²) in [5.74, 6) is 2.54. The van der Waals surface area contributed by atoms with Crippen LogP contribution in [-0.2, 0) is 0 Å². The summed E-state index contributed by atoms with van der Waals surface area (Å²) in [5, 5.41) is 3.18. The topological polar surface area (TPSA) is 24.9 Å². The minimum atomic E-state index is 0.295. The molecule has 0 saturated heterocycles. The molecule has 1 aromatic heterocycles. The van der Waals surface area contributed by atoms with E-state index in [9.17, 15) is 0 Å². The van der Waals surface area contributed by atoms with Gasteiger partial charge in [0.1, 0.15) is 0 Å². The van der Waals surface area contributed by atoms with Crippen LogP contribution in [-0.4, -0.2) is 11.5 Å². The molecule has 62 valence electrons. The fourth-order valence-electron chi connectivity index (χ4n) is 0.982. The maximum absolute atomic E-state index is 5.13. The van der Waals surface area contributed by atoms with Crippen molar-refractivity contribution in [2.24, 2.45) is 0 Å². The lowest BCUT2D eigenvalue weighted by molar-refractivity contribution is 0.622. The van der Waals surface area contributed by atoms with E-state index >= 15 is 0 Å². The third-order valence-corrected chi connectivity index (χ3v) is 1.72. The predicted molar refractivity (Wildman–Crippen MR) is 49.5 cm³/mol. The largest absolute Gasteiger partial charge is 0.300 e. The quantitative estimate of drug-likeness (QED) is 0.675. The Balaban J connectivity index is 2.55. The molecular formula is C10H12N2. The van der Waals surface area contributed by atoms with Crippen LogP contribution in [0.2, 0.25) is 0 Å². The highest BCUT2D eigenvalue weighted by atomic mass is 14.9. The maximum Gasteiger partial charge on any atom is 0.0578 e. The number of nitrogens with zero attached hydrogens (tertiary/aromatic N) is 1. The zero-order valence-corrected chi connectivity index (χ0v) is 7.12. The van der Waals surface area contributed by atoms with E-state index in [0.717, 1.165) is 0 Å². The Kier molecular flexibility index (Phi) is 3.31. The summed E-state index contributed by atoms with van der Waals surface area (Å²) in [6.07, 6.45) is 8.69. The molecule has 0 amide bonds. The van der Waals surface area contributed by atoms with E-state index in [0.29, 0.717) is 12.6 Å². The third-order valence-electron chi connectivity index (χ3n) is 1.72. The maximum atomic E-state index is 5.13. The van der Waals surface area contributed by atoms with Gasteiger partial charge in [-0.25, -0.2) is 0 Å². The number of pyridine rings is 1. The molecule has 0 bridgehead atoms. The first-order chi connectivity index (χ1) is 5.84. The van der Waals surface area contributed by atoms with Crippen molar-refractivity contribution in [3.05, 3.63) is 30.1 Å². The summed E-state index contributed by atoms with van der Waals surface area (Å²) in [6, 6.07) is 4.26. The van der Waals surface area contributed by atoms with E-state index in [1.807, 2.05) is 12.1 Å². The van der Waals surface area contributed by atoms with E-state index in [2.05, 4.69) is 23.1 Å². The molecular weight excluding hydrogens is 148 g/mol. The van der Waals surface area contributed by atoms with Gasteiger partial charge < -0.3 is 0 Å². The number of terminal acetylenes is 1. The smallest absolute Gasteiger partial charge is 0.0578 e. The molecule has 0 saturated carbocycles. The summed E-state index contributed by atoms with van der Waals surface area (Å²) < 4.78 is 0. The second kappa shape index (κ2) is 4.53. The van der Waals surface area contributed by atoms with Gasteiger partial charge >= 0.3 is 0 Å². The molecule has 0 radical (unpaired) electrons. The van der Waals surface area contributed by atoms with E-state index < -0.39 is 0 Å². The van der Waals surface area contributed by atoms with Crippen molar-refractivity contribution in [1.82, 2.24) is 10.3 Å². The molecule has 0 aromatic carbocycles. The zero-order valence-electron chi connectivity index (χ0n) is 7.12. The van der Waals surface area contributed by atoms with Gasteiger partial charge in [0.15, 0.2) is 0 Å². The molecule has 1 atom stereocenters. The highest BCUT2D eigenvalue weighted by molar-refractivity contribution is 5.14. The second-order valence-corrected chi connectivity index (χ2v) is 2.59. The second-order valence-electron chi connectivity index (χ2n) is 2.59. The van der Waals surface area contributed by atoms with Crippen molar-refractivity contribution in [2.75, 3.05) is 6.54 Å². The van der Waals surface area contributed by atoms with Gasteiger partial charge in [-0.15, -0.1) is 6.42 Å². The summed E-state index contributed by atoms with van der Waals surface area (Å²) in [7, 11) is 0. The van der Waals surface area contributed by atoms with Crippen LogP contribution in [0.4, 0.5) is 0 Å². The van der Waals surface area contributed by atoms with Crippen LogP contribution < -0.4 is 5.32 Å². The van der Waals surface area contributed by atoms with Crippen molar-refractivity contribution in [1.29, 1.82) is 0 Å². The van der Waals surface area contributed by atoms with Gasteiger partial charge in [-0.2, -0.15) is 0 Å². The lowest BCUT2D eigenvalue weighted by Gasteiger charge is -2.10. The Bertz CT molecular complexity index is 261. The molecule has 0 spiro atoms. The van der Waals surface area contributed by atoms with Gasteiger partial charge in [0.05, 0.1) is 6.54 Å². The monoisotopic (exact) mass is 160 g/mol.